The van der Waals surface area contributed by atoms with Crippen LogP contribution in [0.1, 0.15) is 17.2 Å². The topological polar surface area (TPSA) is 47.6 Å². The molecule has 23 heavy (non-hydrogen) atoms. The fraction of sp³-hybridized carbons (Fsp3) is 0.211. The molecule has 1 fully saturated rings. The molecule has 1 aliphatic heterocycles. The molecule has 1 aliphatic rings. The Kier molecular flexibility index (Phi) is 4.74. The van der Waals surface area contributed by atoms with Gasteiger partial charge >= 0.3 is 0 Å². The highest BCUT2D eigenvalue weighted by Gasteiger charge is 2.30. The highest BCUT2D eigenvalue weighted by atomic mass is 16.5. The van der Waals surface area contributed by atoms with Gasteiger partial charge in [-0.3, -0.25) is 4.79 Å². The summed E-state index contributed by atoms with van der Waals surface area (Å²) < 4.78 is 11.9. The minimum Gasteiger partial charge on any atom is -0.482 e. The lowest BCUT2D eigenvalue weighted by Gasteiger charge is -2.31. The van der Waals surface area contributed by atoms with Crippen molar-refractivity contribution in [2.24, 2.45) is 0 Å². The molecule has 2 aromatic rings. The average Bonchev–Trinajstić information content (AvgIpc) is 2.61. The Morgan fingerprint density at radius 3 is 2.61 bits per heavy atom. The van der Waals surface area contributed by atoms with E-state index in [-0.39, 0.29) is 24.7 Å². The van der Waals surface area contributed by atoms with Crippen LogP contribution >= 0.6 is 0 Å². The Labute approximate surface area is 135 Å². The second-order valence-electron chi connectivity index (χ2n) is 5.34. The summed E-state index contributed by atoms with van der Waals surface area (Å²) in [7, 11) is 0. The van der Waals surface area contributed by atoms with E-state index in [0.29, 0.717) is 6.54 Å². The quantitative estimate of drug-likeness (QED) is 0.923. The van der Waals surface area contributed by atoms with E-state index < -0.39 is 0 Å². The summed E-state index contributed by atoms with van der Waals surface area (Å²) >= 11 is 0. The molecule has 2 aromatic carbocycles. The van der Waals surface area contributed by atoms with Gasteiger partial charge in [-0.1, -0.05) is 61.2 Å². The molecule has 0 spiro atoms. The fourth-order valence-electron chi connectivity index (χ4n) is 2.60. The molecule has 0 saturated carbocycles. The van der Waals surface area contributed by atoms with Crippen molar-refractivity contribution in [1.82, 2.24) is 5.32 Å². The zero-order chi connectivity index (χ0) is 16.1. The van der Waals surface area contributed by atoms with E-state index in [0.717, 1.165) is 16.9 Å². The highest BCUT2D eigenvalue weighted by Crippen LogP contribution is 2.30. The smallest absolute Gasteiger partial charge is 0.246 e. The van der Waals surface area contributed by atoms with Crippen LogP contribution in [-0.2, 0) is 9.53 Å². The van der Waals surface area contributed by atoms with Gasteiger partial charge in [0.25, 0.3) is 0 Å². The van der Waals surface area contributed by atoms with Gasteiger partial charge in [-0.05, 0) is 11.6 Å². The molecule has 4 heteroatoms. The van der Waals surface area contributed by atoms with Crippen LogP contribution in [0.5, 0.6) is 5.75 Å². The number of hydrogen-bond acceptors (Lipinski definition) is 3. The van der Waals surface area contributed by atoms with Crippen LogP contribution in [0.2, 0.25) is 0 Å². The number of hydrogen-bond donors (Lipinski definition) is 1. The minimum atomic E-state index is -0.308. The van der Waals surface area contributed by atoms with Crippen LogP contribution in [0.25, 0.3) is 6.08 Å². The van der Waals surface area contributed by atoms with Gasteiger partial charge in [-0.2, -0.15) is 0 Å². The van der Waals surface area contributed by atoms with Gasteiger partial charge < -0.3 is 14.8 Å². The minimum absolute atomic E-state index is 0.0560. The van der Waals surface area contributed by atoms with Crippen LogP contribution < -0.4 is 10.1 Å². The van der Waals surface area contributed by atoms with Crippen LogP contribution in [0, 0.1) is 0 Å². The standard InChI is InChI=1S/C19H19NO3/c1-2-14-8-6-7-11-16(14)23-19(15-9-4-3-5-10-15)17-12-20-18(21)13-22-17/h2-11,17,19H,1,12-13H2,(H,20,21)/t17-,19-/m0/s1. The van der Waals surface area contributed by atoms with E-state index in [2.05, 4.69) is 11.9 Å². The molecule has 4 nitrogen and oxygen atoms in total. The molecule has 0 unspecified atom stereocenters. The number of para-hydroxylation sites is 1. The summed E-state index contributed by atoms with van der Waals surface area (Å²) in [4.78, 5) is 11.3. The van der Waals surface area contributed by atoms with E-state index in [1.54, 1.807) is 6.08 Å². The lowest BCUT2D eigenvalue weighted by molar-refractivity contribution is -0.137. The maximum Gasteiger partial charge on any atom is 0.246 e. The molecular weight excluding hydrogens is 290 g/mol. The van der Waals surface area contributed by atoms with Gasteiger partial charge in [-0.25, -0.2) is 0 Å². The van der Waals surface area contributed by atoms with Crippen LogP contribution in [-0.4, -0.2) is 25.2 Å². The third kappa shape index (κ3) is 3.60. The van der Waals surface area contributed by atoms with Crippen LogP contribution in [0.15, 0.2) is 61.2 Å². The number of carbonyl (C=O) groups is 1. The van der Waals surface area contributed by atoms with Gasteiger partial charge in [0.1, 0.15) is 18.5 Å². The van der Waals surface area contributed by atoms with E-state index in [4.69, 9.17) is 9.47 Å². The van der Waals surface area contributed by atoms with E-state index in [9.17, 15) is 4.79 Å². The predicted molar refractivity (Wildman–Crippen MR) is 89.1 cm³/mol. The molecule has 1 saturated heterocycles. The normalized spacial score (nSPS) is 18.8. The monoisotopic (exact) mass is 309 g/mol. The van der Waals surface area contributed by atoms with Gasteiger partial charge in [-0.15, -0.1) is 0 Å². The highest BCUT2D eigenvalue weighted by molar-refractivity contribution is 5.77. The van der Waals surface area contributed by atoms with E-state index in [1.165, 1.54) is 0 Å². The van der Waals surface area contributed by atoms with Crippen molar-refractivity contribution >= 4 is 12.0 Å². The number of ether oxygens (including phenoxy) is 2. The second kappa shape index (κ2) is 7.11. The van der Waals surface area contributed by atoms with Gasteiger partial charge in [0.2, 0.25) is 5.91 Å². The maximum absolute atomic E-state index is 11.3. The summed E-state index contributed by atoms with van der Waals surface area (Å²) in [6.07, 6.45) is 1.21. The zero-order valence-corrected chi connectivity index (χ0v) is 12.8. The van der Waals surface area contributed by atoms with Gasteiger partial charge in [0, 0.05) is 12.1 Å². The SMILES string of the molecule is C=Cc1ccccc1O[C@@H](c1ccccc1)[C@@H]1CNC(=O)CO1. The molecule has 0 aliphatic carbocycles. The molecule has 1 heterocycles. The summed E-state index contributed by atoms with van der Waals surface area (Å²) in [6, 6.07) is 17.6. The molecule has 0 bridgehead atoms. The molecule has 2 atom stereocenters. The van der Waals surface area contributed by atoms with Crippen molar-refractivity contribution in [3.05, 3.63) is 72.3 Å². The molecule has 1 N–H and O–H groups in total. The number of carbonyl (C=O) groups excluding carboxylic acids is 1. The van der Waals surface area contributed by atoms with Gasteiger partial charge in [0.15, 0.2) is 6.10 Å². The summed E-state index contributed by atoms with van der Waals surface area (Å²) in [6.45, 7) is 4.31. The number of amides is 1. The summed E-state index contributed by atoms with van der Waals surface area (Å²) in [5, 5.41) is 2.83. The molecule has 0 aromatic heterocycles. The Bertz CT molecular complexity index is 674. The number of nitrogens with one attached hydrogen (secondary N) is 1. The van der Waals surface area contributed by atoms with Crippen molar-refractivity contribution in [3.63, 3.8) is 0 Å². The first-order valence-electron chi connectivity index (χ1n) is 7.59. The third-order valence-electron chi connectivity index (χ3n) is 3.79. The first-order valence-corrected chi connectivity index (χ1v) is 7.59. The first-order chi connectivity index (χ1) is 11.3. The summed E-state index contributed by atoms with van der Waals surface area (Å²) in [5.74, 6) is 0.649. The van der Waals surface area contributed by atoms with E-state index in [1.807, 2.05) is 54.6 Å². The van der Waals surface area contributed by atoms with Crippen molar-refractivity contribution in [3.8, 4) is 5.75 Å². The average molecular weight is 309 g/mol. The van der Waals surface area contributed by atoms with Crippen molar-refractivity contribution in [2.75, 3.05) is 13.2 Å². The number of morpholine rings is 1. The summed E-state index contributed by atoms with van der Waals surface area (Å²) in [5.41, 5.74) is 1.93. The Morgan fingerprint density at radius 1 is 1.17 bits per heavy atom. The van der Waals surface area contributed by atoms with E-state index >= 15 is 0 Å². The molecule has 3 rings (SSSR count). The first kappa shape index (κ1) is 15.3. The predicted octanol–water partition coefficient (Wildman–Crippen LogP) is 2.96. The van der Waals surface area contributed by atoms with Crippen molar-refractivity contribution in [2.45, 2.75) is 12.2 Å². The zero-order valence-electron chi connectivity index (χ0n) is 12.8. The lowest BCUT2D eigenvalue weighted by Crippen LogP contribution is -2.46. The molecular formula is C19H19NO3. The van der Waals surface area contributed by atoms with Crippen LogP contribution in [0.4, 0.5) is 0 Å². The largest absolute Gasteiger partial charge is 0.482 e. The number of rotatable bonds is 5. The van der Waals surface area contributed by atoms with Gasteiger partial charge in [0.05, 0.1) is 0 Å². The Morgan fingerprint density at radius 2 is 1.91 bits per heavy atom. The molecule has 1 amide bonds. The maximum atomic E-state index is 11.3. The lowest BCUT2D eigenvalue weighted by atomic mass is 10.0. The van der Waals surface area contributed by atoms with Crippen molar-refractivity contribution < 1.29 is 14.3 Å². The number of benzene rings is 2. The third-order valence-corrected chi connectivity index (χ3v) is 3.79. The molecule has 118 valence electrons. The fourth-order valence-corrected chi connectivity index (χ4v) is 2.60. The molecule has 0 radical (unpaired) electrons. The van der Waals surface area contributed by atoms with Crippen molar-refractivity contribution in [1.29, 1.82) is 0 Å². The Balaban J connectivity index is 1.89. The Hall–Kier alpha value is -2.59. The van der Waals surface area contributed by atoms with Crippen LogP contribution in [0.3, 0.4) is 0 Å². The second-order valence-corrected chi connectivity index (χ2v) is 5.34.